The van der Waals surface area contributed by atoms with Gasteiger partial charge in [-0.15, -0.1) is 0 Å². The highest BCUT2D eigenvalue weighted by Crippen LogP contribution is 2.20. The molecule has 0 saturated carbocycles. The molecule has 0 aromatic carbocycles. The van der Waals surface area contributed by atoms with Crippen molar-refractivity contribution in [3.05, 3.63) is 0 Å². The molecule has 1 aliphatic rings. The maximum atomic E-state index is 2.52. The topological polar surface area (TPSA) is 3.24 Å². The SMILES string of the molecule is CCC1CN(C(C)C)C1. The standard InChI is InChI=1S/C8H17N/c1-4-8-5-9(6-8)7(2)3/h7-8H,4-6H2,1-3H3. The first-order valence-electron chi connectivity index (χ1n) is 3.98. The van der Waals surface area contributed by atoms with Crippen LogP contribution in [0.3, 0.4) is 0 Å². The van der Waals surface area contributed by atoms with E-state index in [1.807, 2.05) is 0 Å². The van der Waals surface area contributed by atoms with E-state index in [2.05, 4.69) is 25.7 Å². The largest absolute Gasteiger partial charge is 0.300 e. The average Bonchev–Trinajstić information content (AvgIpc) is 1.61. The van der Waals surface area contributed by atoms with Gasteiger partial charge in [0.25, 0.3) is 0 Å². The zero-order valence-corrected chi connectivity index (χ0v) is 6.72. The minimum Gasteiger partial charge on any atom is -0.300 e. The van der Waals surface area contributed by atoms with Gasteiger partial charge in [0.15, 0.2) is 0 Å². The maximum absolute atomic E-state index is 2.52. The van der Waals surface area contributed by atoms with E-state index in [-0.39, 0.29) is 0 Å². The Hall–Kier alpha value is -0.0400. The van der Waals surface area contributed by atoms with Crippen LogP contribution in [0, 0.1) is 5.92 Å². The van der Waals surface area contributed by atoms with Gasteiger partial charge in [0, 0.05) is 19.1 Å². The Labute approximate surface area is 58.0 Å². The molecule has 0 radical (unpaired) electrons. The number of likely N-dealkylation sites (tertiary alicyclic amines) is 1. The van der Waals surface area contributed by atoms with E-state index in [9.17, 15) is 0 Å². The van der Waals surface area contributed by atoms with Crippen molar-refractivity contribution >= 4 is 0 Å². The molecule has 0 aromatic rings. The molecule has 0 bridgehead atoms. The van der Waals surface area contributed by atoms with Crippen LogP contribution in [-0.4, -0.2) is 24.0 Å². The molecule has 9 heavy (non-hydrogen) atoms. The Bertz CT molecular complexity index is 82.6. The Kier molecular flexibility index (Phi) is 2.12. The van der Waals surface area contributed by atoms with Gasteiger partial charge in [-0.05, 0) is 19.8 Å². The molecule has 1 rings (SSSR count). The van der Waals surface area contributed by atoms with E-state index in [4.69, 9.17) is 0 Å². The summed E-state index contributed by atoms with van der Waals surface area (Å²) in [5.74, 6) is 1.01. The predicted molar refractivity (Wildman–Crippen MR) is 40.5 cm³/mol. The number of hydrogen-bond donors (Lipinski definition) is 0. The van der Waals surface area contributed by atoms with Gasteiger partial charge in [-0.1, -0.05) is 13.3 Å². The fourth-order valence-corrected chi connectivity index (χ4v) is 1.29. The lowest BCUT2D eigenvalue weighted by molar-refractivity contribution is 0.0658. The first-order chi connectivity index (χ1) is 4.24. The van der Waals surface area contributed by atoms with Crippen molar-refractivity contribution in [2.45, 2.75) is 33.2 Å². The van der Waals surface area contributed by atoms with E-state index in [1.54, 1.807) is 0 Å². The molecule has 1 heteroatoms. The molecule has 1 nitrogen and oxygen atoms in total. The molecule has 0 aromatic heterocycles. The van der Waals surface area contributed by atoms with Crippen LogP contribution in [0.15, 0.2) is 0 Å². The summed E-state index contributed by atoms with van der Waals surface area (Å²) in [6, 6.07) is 0.771. The van der Waals surface area contributed by atoms with Crippen LogP contribution >= 0.6 is 0 Å². The third-order valence-corrected chi connectivity index (χ3v) is 2.29. The first-order valence-corrected chi connectivity index (χ1v) is 3.98. The molecule has 0 N–H and O–H groups in total. The molecule has 0 spiro atoms. The highest BCUT2D eigenvalue weighted by molar-refractivity contribution is 4.80. The van der Waals surface area contributed by atoms with Crippen molar-refractivity contribution in [3.8, 4) is 0 Å². The molecule has 0 aliphatic carbocycles. The fraction of sp³-hybridized carbons (Fsp3) is 1.00. The molecule has 1 fully saturated rings. The normalized spacial score (nSPS) is 22.7. The Morgan fingerprint density at radius 3 is 2.33 bits per heavy atom. The zero-order chi connectivity index (χ0) is 6.85. The van der Waals surface area contributed by atoms with Crippen molar-refractivity contribution in [1.29, 1.82) is 0 Å². The second kappa shape index (κ2) is 2.70. The van der Waals surface area contributed by atoms with Gasteiger partial charge in [-0.2, -0.15) is 0 Å². The molecule has 1 saturated heterocycles. The van der Waals surface area contributed by atoms with Gasteiger partial charge >= 0.3 is 0 Å². The van der Waals surface area contributed by atoms with Crippen LogP contribution in [0.25, 0.3) is 0 Å². The molecule has 0 unspecified atom stereocenters. The highest BCUT2D eigenvalue weighted by Gasteiger charge is 2.26. The Morgan fingerprint density at radius 1 is 1.44 bits per heavy atom. The third-order valence-electron chi connectivity index (χ3n) is 2.29. The molecule has 54 valence electrons. The van der Waals surface area contributed by atoms with Gasteiger partial charge < -0.3 is 4.90 Å². The van der Waals surface area contributed by atoms with Crippen molar-refractivity contribution in [2.75, 3.05) is 13.1 Å². The highest BCUT2D eigenvalue weighted by atomic mass is 15.2. The summed E-state index contributed by atoms with van der Waals surface area (Å²) in [4.78, 5) is 2.52. The minimum atomic E-state index is 0.771. The van der Waals surface area contributed by atoms with Crippen LogP contribution in [0.2, 0.25) is 0 Å². The van der Waals surface area contributed by atoms with Crippen molar-refractivity contribution in [3.63, 3.8) is 0 Å². The van der Waals surface area contributed by atoms with Crippen LogP contribution < -0.4 is 0 Å². The summed E-state index contributed by atoms with van der Waals surface area (Å²) in [6.07, 6.45) is 1.36. The lowest BCUT2D eigenvalue weighted by Crippen LogP contribution is -2.49. The van der Waals surface area contributed by atoms with E-state index < -0.39 is 0 Å². The summed E-state index contributed by atoms with van der Waals surface area (Å²) in [5, 5.41) is 0. The first kappa shape index (κ1) is 7.07. The van der Waals surface area contributed by atoms with Gasteiger partial charge in [-0.3, -0.25) is 0 Å². The molecular formula is C8H17N. The molecule has 0 amide bonds. The van der Waals surface area contributed by atoms with Crippen LogP contribution in [0.1, 0.15) is 27.2 Å². The van der Waals surface area contributed by atoms with E-state index >= 15 is 0 Å². The monoisotopic (exact) mass is 127 g/mol. The molecule has 1 aliphatic heterocycles. The lowest BCUT2D eigenvalue weighted by atomic mass is 9.96. The van der Waals surface area contributed by atoms with E-state index in [1.165, 1.54) is 19.5 Å². The fourth-order valence-electron chi connectivity index (χ4n) is 1.29. The zero-order valence-electron chi connectivity index (χ0n) is 6.72. The number of hydrogen-bond acceptors (Lipinski definition) is 1. The number of nitrogens with zero attached hydrogens (tertiary/aromatic N) is 1. The summed E-state index contributed by atoms with van der Waals surface area (Å²) >= 11 is 0. The third kappa shape index (κ3) is 1.45. The average molecular weight is 127 g/mol. The minimum absolute atomic E-state index is 0.771. The second-order valence-corrected chi connectivity index (χ2v) is 3.32. The van der Waals surface area contributed by atoms with Gasteiger partial charge in [0.05, 0.1) is 0 Å². The Balaban J connectivity index is 2.12. The summed E-state index contributed by atoms with van der Waals surface area (Å²) < 4.78 is 0. The van der Waals surface area contributed by atoms with Crippen LogP contribution in [0.4, 0.5) is 0 Å². The second-order valence-electron chi connectivity index (χ2n) is 3.32. The van der Waals surface area contributed by atoms with E-state index in [0.29, 0.717) is 0 Å². The summed E-state index contributed by atoms with van der Waals surface area (Å²) in [7, 11) is 0. The van der Waals surface area contributed by atoms with Gasteiger partial charge in [-0.25, -0.2) is 0 Å². The van der Waals surface area contributed by atoms with Crippen molar-refractivity contribution in [2.24, 2.45) is 5.92 Å². The molecule has 1 heterocycles. The smallest absolute Gasteiger partial charge is 0.00388 e. The van der Waals surface area contributed by atoms with Crippen LogP contribution in [-0.2, 0) is 0 Å². The quantitative estimate of drug-likeness (QED) is 0.546. The Morgan fingerprint density at radius 2 is 2.00 bits per heavy atom. The summed E-state index contributed by atoms with van der Waals surface area (Å²) in [6.45, 7) is 9.50. The predicted octanol–water partition coefficient (Wildman–Crippen LogP) is 1.74. The maximum Gasteiger partial charge on any atom is 0.00388 e. The molecule has 0 atom stereocenters. The summed E-state index contributed by atoms with van der Waals surface area (Å²) in [5.41, 5.74) is 0. The van der Waals surface area contributed by atoms with Gasteiger partial charge in [0.2, 0.25) is 0 Å². The van der Waals surface area contributed by atoms with Crippen molar-refractivity contribution < 1.29 is 0 Å². The lowest BCUT2D eigenvalue weighted by Gasteiger charge is -2.41. The van der Waals surface area contributed by atoms with E-state index in [0.717, 1.165) is 12.0 Å². The van der Waals surface area contributed by atoms with Gasteiger partial charge in [0.1, 0.15) is 0 Å². The van der Waals surface area contributed by atoms with Crippen LogP contribution in [0.5, 0.6) is 0 Å². The van der Waals surface area contributed by atoms with Crippen molar-refractivity contribution in [1.82, 2.24) is 4.90 Å². The molecular weight excluding hydrogens is 110 g/mol. The number of rotatable bonds is 2.